The predicted molar refractivity (Wildman–Crippen MR) is 217 cm³/mol. The summed E-state index contributed by atoms with van der Waals surface area (Å²) in [6.45, 7) is 1.46. The van der Waals surface area contributed by atoms with Crippen molar-refractivity contribution in [1.82, 2.24) is 26.4 Å². The second-order valence-corrected chi connectivity index (χ2v) is 17.1. The molecule has 0 radical (unpaired) electrons. The van der Waals surface area contributed by atoms with E-state index in [1.54, 1.807) is 45.0 Å². The van der Waals surface area contributed by atoms with Gasteiger partial charge in [0.15, 0.2) is 0 Å². The van der Waals surface area contributed by atoms with Crippen molar-refractivity contribution in [1.29, 1.82) is 0 Å². The molecule has 0 aromatic heterocycles. The molecule has 4 amide bonds. The van der Waals surface area contributed by atoms with Gasteiger partial charge in [-0.05, 0) is 97.0 Å². The van der Waals surface area contributed by atoms with Crippen molar-refractivity contribution in [2.75, 3.05) is 13.7 Å². The number of aliphatic hydroxyl groups excluding tert-OH is 1. The molecular weight excluding hydrogens is 938 g/mol. The summed E-state index contributed by atoms with van der Waals surface area (Å²) in [6, 6.07) is 2.99. The Morgan fingerprint density at radius 2 is 1.52 bits per heavy atom. The molecule has 1 aliphatic rings. The first kappa shape index (κ1) is 50.6. The maximum atomic E-state index is 15.7. The molecule has 1 saturated carbocycles. The van der Waals surface area contributed by atoms with E-state index in [9.17, 15) is 46.2 Å². The lowest BCUT2D eigenvalue weighted by molar-refractivity contribution is -0.220. The maximum absolute atomic E-state index is 15.7. The van der Waals surface area contributed by atoms with Crippen LogP contribution < -0.4 is 27.1 Å². The first-order valence-electron chi connectivity index (χ1n) is 18.7. The van der Waals surface area contributed by atoms with Crippen LogP contribution in [0.2, 0.25) is 0 Å². The number of benzene rings is 2. The number of carbonyl (C=O) groups is 4. The minimum absolute atomic E-state index is 0.250. The van der Waals surface area contributed by atoms with Crippen LogP contribution in [0.5, 0.6) is 0 Å². The molecule has 2 aromatic rings. The second-order valence-electron chi connectivity index (χ2n) is 15.8. The third-order valence-corrected chi connectivity index (χ3v) is 10.2. The van der Waals surface area contributed by atoms with Gasteiger partial charge in [0.2, 0.25) is 5.91 Å². The lowest BCUT2D eigenvalue weighted by atomic mass is 9.82. The number of aliphatic imine (C=N–C) groups is 1. The predicted octanol–water partition coefficient (Wildman–Crippen LogP) is 5.70. The number of hydrazine groups is 1. The Morgan fingerprint density at radius 1 is 0.951 bits per heavy atom. The number of ether oxygens (including phenoxy) is 2. The van der Waals surface area contributed by atoms with E-state index in [0.717, 1.165) is 33.9 Å². The van der Waals surface area contributed by atoms with Gasteiger partial charge in [-0.15, -0.1) is 0 Å². The van der Waals surface area contributed by atoms with Gasteiger partial charge < -0.3 is 36.3 Å². The number of alkyl halides is 5. The number of hydrogen-bond acceptors (Lipinski definition) is 10. The van der Waals surface area contributed by atoms with E-state index in [-0.39, 0.29) is 23.8 Å². The number of nitrogens with two attached hydrogens (primary N) is 1. The standard InChI is InChI=1S/C39H49F7IN7O7/c1-37(2,3)30(51-36(59)61-23-11-12-23)33(57)53-54(18-24-25(40)16-21(17-26(24)41)27(48)13-14-49-34(42)43)19-29(55)28(15-20-7-9-22(47)10-8-20)50-32(56)31(52-35(58)60-6)38(4,5)39(44,45)46/h7-10,13-14,16-17,23,28-31,34,55H,11-12,15,18-19,48H2,1-6H3,(H,50,56)(H,51,59)(H,52,58)(H,53,57)/t28-,29-,30+,31+/m0/s1. The summed E-state index contributed by atoms with van der Waals surface area (Å²) in [7, 11) is 0.879. The van der Waals surface area contributed by atoms with Crippen molar-refractivity contribution in [3.05, 3.63) is 74.4 Å². The molecule has 0 spiro atoms. The summed E-state index contributed by atoms with van der Waals surface area (Å²) in [6.07, 6.45) is -6.99. The number of aliphatic hydroxyl groups is 1. The highest BCUT2D eigenvalue weighted by Gasteiger charge is 2.56. The Kier molecular flexibility index (Phi) is 17.8. The van der Waals surface area contributed by atoms with Gasteiger partial charge in [0.25, 0.3) is 5.91 Å². The Hall–Kier alpha value is -4.71. The van der Waals surface area contributed by atoms with E-state index in [0.29, 0.717) is 38.5 Å². The van der Waals surface area contributed by atoms with Crippen LogP contribution in [-0.4, -0.2) is 97.0 Å². The summed E-state index contributed by atoms with van der Waals surface area (Å²) in [4.78, 5) is 55.4. The zero-order valence-electron chi connectivity index (χ0n) is 34.0. The molecule has 14 nitrogen and oxygen atoms in total. The van der Waals surface area contributed by atoms with Crippen molar-refractivity contribution in [3.8, 4) is 0 Å². The quantitative estimate of drug-likeness (QED) is 0.0357. The van der Waals surface area contributed by atoms with Crippen LogP contribution in [0, 0.1) is 26.0 Å². The molecular formula is C39H49F7IN7O7. The van der Waals surface area contributed by atoms with Crippen LogP contribution in [0.3, 0.4) is 0 Å². The average Bonchev–Trinajstić information content (AvgIpc) is 3.97. The molecule has 61 heavy (non-hydrogen) atoms. The zero-order chi connectivity index (χ0) is 46.0. The number of rotatable bonds is 18. The first-order valence-corrected chi connectivity index (χ1v) is 19.7. The minimum Gasteiger partial charge on any atom is -0.453 e. The highest BCUT2D eigenvalue weighted by atomic mass is 127. The molecule has 0 bridgehead atoms. The van der Waals surface area contributed by atoms with Gasteiger partial charge in [0.1, 0.15) is 29.8 Å². The summed E-state index contributed by atoms with van der Waals surface area (Å²) in [5, 5.41) is 19.4. The highest BCUT2D eigenvalue weighted by Crippen LogP contribution is 2.40. The summed E-state index contributed by atoms with van der Waals surface area (Å²) < 4.78 is 110. The number of amides is 4. The van der Waals surface area contributed by atoms with Crippen molar-refractivity contribution in [3.63, 3.8) is 0 Å². The number of nitrogens with zero attached hydrogens (tertiary/aromatic N) is 2. The van der Waals surface area contributed by atoms with Gasteiger partial charge in [-0.3, -0.25) is 15.0 Å². The first-order chi connectivity index (χ1) is 28.2. The number of methoxy groups -OCH3 is 1. The largest absolute Gasteiger partial charge is 0.453 e. The van der Waals surface area contributed by atoms with Gasteiger partial charge in [-0.25, -0.2) is 28.4 Å². The van der Waals surface area contributed by atoms with Crippen molar-refractivity contribution in [2.45, 2.75) is 103 Å². The second kappa shape index (κ2) is 21.4. The van der Waals surface area contributed by atoms with Gasteiger partial charge in [-0.2, -0.15) is 22.0 Å². The molecule has 7 N–H and O–H groups in total. The summed E-state index contributed by atoms with van der Waals surface area (Å²) >= 11 is 2.02. The summed E-state index contributed by atoms with van der Waals surface area (Å²) in [5.74, 6) is -4.80. The van der Waals surface area contributed by atoms with Crippen LogP contribution in [0.4, 0.5) is 40.3 Å². The molecule has 0 saturated heterocycles. The van der Waals surface area contributed by atoms with E-state index in [1.807, 2.05) is 27.9 Å². The maximum Gasteiger partial charge on any atom is 0.408 e. The van der Waals surface area contributed by atoms with E-state index in [4.69, 9.17) is 10.5 Å². The molecule has 1 aliphatic carbocycles. The Morgan fingerprint density at radius 3 is 2.03 bits per heavy atom. The van der Waals surface area contributed by atoms with Gasteiger partial charge in [-0.1, -0.05) is 32.9 Å². The van der Waals surface area contributed by atoms with Crippen LogP contribution in [0.1, 0.15) is 64.2 Å². The van der Waals surface area contributed by atoms with E-state index >= 15 is 8.78 Å². The number of hydrogen-bond donors (Lipinski definition) is 6. The highest BCUT2D eigenvalue weighted by molar-refractivity contribution is 14.1. The third-order valence-electron chi connectivity index (χ3n) is 9.46. The lowest BCUT2D eigenvalue weighted by Crippen LogP contribution is -2.63. The molecule has 22 heteroatoms. The summed E-state index contributed by atoms with van der Waals surface area (Å²) in [5.41, 5.74) is 3.53. The monoisotopic (exact) mass is 987 g/mol. The SMILES string of the molecule is COC(=O)N[C@H](C(=O)N[C@@H](Cc1ccc(I)cc1)[C@@H](O)CN(Cc1c(F)cc(C(N)=CC=NC(F)F)cc1F)NC(=O)[C@@H](NC(=O)OC1CC1)C(C)(C)C)C(C)(C)C(F)(F)F. The van der Waals surface area contributed by atoms with Gasteiger partial charge >= 0.3 is 24.9 Å². The number of alkyl carbamates (subject to hydrolysis) is 2. The number of halogens is 8. The molecule has 2 aromatic carbocycles. The fourth-order valence-electron chi connectivity index (χ4n) is 5.62. The Labute approximate surface area is 361 Å². The molecule has 0 aliphatic heterocycles. The van der Waals surface area contributed by atoms with Gasteiger partial charge in [0.05, 0.1) is 24.7 Å². The van der Waals surface area contributed by atoms with E-state index < -0.39 is 102 Å². The molecule has 3 rings (SSSR count). The molecule has 4 atom stereocenters. The fourth-order valence-corrected chi connectivity index (χ4v) is 5.98. The normalized spacial score (nSPS) is 15.9. The third kappa shape index (κ3) is 15.3. The van der Waals surface area contributed by atoms with Crippen molar-refractivity contribution >= 4 is 58.5 Å². The number of nitrogens with one attached hydrogen (secondary N) is 4. The number of allylic oxidation sites excluding steroid dienone is 1. The lowest BCUT2D eigenvalue weighted by Gasteiger charge is -2.37. The smallest absolute Gasteiger partial charge is 0.408 e. The van der Waals surface area contributed by atoms with Crippen molar-refractivity contribution in [2.24, 2.45) is 21.6 Å². The topological polar surface area (TPSA) is 197 Å². The fraction of sp³-hybridized carbons (Fsp3) is 0.513. The minimum atomic E-state index is -5.05. The van der Waals surface area contributed by atoms with Crippen LogP contribution in [0.25, 0.3) is 5.70 Å². The molecule has 0 heterocycles. The van der Waals surface area contributed by atoms with Gasteiger partial charge in [0, 0.05) is 39.7 Å². The zero-order valence-corrected chi connectivity index (χ0v) is 36.2. The number of carbonyl (C=O) groups excluding carboxylic acids is 4. The van der Waals surface area contributed by atoms with Crippen LogP contribution >= 0.6 is 22.6 Å². The Balaban J connectivity index is 2.09. The van der Waals surface area contributed by atoms with E-state index in [2.05, 4.69) is 25.8 Å². The molecule has 1 fully saturated rings. The average molecular weight is 988 g/mol. The van der Waals surface area contributed by atoms with Crippen molar-refractivity contribution < 1.29 is 64.5 Å². The van der Waals surface area contributed by atoms with Crippen LogP contribution in [0.15, 0.2) is 47.5 Å². The van der Waals surface area contributed by atoms with E-state index in [1.165, 1.54) is 0 Å². The molecule has 338 valence electrons. The molecule has 0 unspecified atom stereocenters. The Bertz CT molecular complexity index is 1900. The van der Waals surface area contributed by atoms with Crippen LogP contribution in [-0.2, 0) is 32.0 Å².